The van der Waals surface area contributed by atoms with Crippen LogP contribution in [0, 0.1) is 0 Å². The Labute approximate surface area is 135 Å². The Morgan fingerprint density at radius 3 is 2.77 bits per heavy atom. The van der Waals surface area contributed by atoms with E-state index in [1.807, 2.05) is 18.3 Å². The van der Waals surface area contributed by atoms with Crippen LogP contribution >= 0.6 is 11.3 Å². The summed E-state index contributed by atoms with van der Waals surface area (Å²) in [4.78, 5) is 19.2. The highest BCUT2D eigenvalue weighted by atomic mass is 32.1. The van der Waals surface area contributed by atoms with E-state index >= 15 is 0 Å². The van der Waals surface area contributed by atoms with Gasteiger partial charge < -0.3 is 5.73 Å². The van der Waals surface area contributed by atoms with E-state index in [4.69, 9.17) is 5.73 Å². The van der Waals surface area contributed by atoms with E-state index in [9.17, 15) is 4.79 Å². The maximum absolute atomic E-state index is 12.1. The number of aryl methyl sites for hydroxylation is 1. The first-order chi connectivity index (χ1) is 10.6. The predicted octanol–water partition coefficient (Wildman–Crippen LogP) is 4.36. The van der Waals surface area contributed by atoms with Gasteiger partial charge in [-0.15, -0.1) is 11.3 Å². The molecule has 0 atom stereocenters. The van der Waals surface area contributed by atoms with Gasteiger partial charge in [-0.2, -0.15) is 0 Å². The van der Waals surface area contributed by atoms with E-state index < -0.39 is 6.03 Å². The van der Waals surface area contributed by atoms with Crippen LogP contribution in [0.1, 0.15) is 48.6 Å². The normalized spacial score (nSPS) is 14.0. The quantitative estimate of drug-likeness (QED) is 0.914. The highest BCUT2D eigenvalue weighted by molar-refractivity contribution is 7.15. The Morgan fingerprint density at radius 2 is 2.09 bits per heavy atom. The van der Waals surface area contributed by atoms with Gasteiger partial charge >= 0.3 is 6.03 Å². The first kappa shape index (κ1) is 15.0. The standard InChI is InChI=1S/C17H21N3OS/c1-11(2)15-10-19-17(22-15)20(16(18)21)14-9-5-7-12-6-3-4-8-13(12)14/h5,7,9-11H,3-4,6,8H2,1-2H3,(H2,18,21). The average molecular weight is 315 g/mol. The van der Waals surface area contributed by atoms with Gasteiger partial charge in [-0.3, -0.25) is 0 Å². The number of nitrogens with two attached hydrogens (primary N) is 1. The topological polar surface area (TPSA) is 59.2 Å². The van der Waals surface area contributed by atoms with Crippen LogP contribution in [0.5, 0.6) is 0 Å². The molecule has 1 heterocycles. The lowest BCUT2D eigenvalue weighted by Crippen LogP contribution is -2.32. The van der Waals surface area contributed by atoms with Crippen molar-refractivity contribution >= 4 is 28.2 Å². The monoisotopic (exact) mass is 315 g/mol. The Kier molecular flexibility index (Phi) is 4.16. The molecule has 0 aliphatic heterocycles. The molecule has 1 aromatic carbocycles. The second-order valence-electron chi connectivity index (χ2n) is 6.00. The summed E-state index contributed by atoms with van der Waals surface area (Å²) in [5, 5.41) is 0.662. The van der Waals surface area contributed by atoms with Crippen molar-refractivity contribution in [1.82, 2.24) is 4.98 Å². The third-order valence-corrected chi connectivity index (χ3v) is 5.39. The number of fused-ring (bicyclic) bond motifs is 1. The molecule has 1 aliphatic rings. The zero-order valence-corrected chi connectivity index (χ0v) is 13.8. The number of carbonyl (C=O) groups is 1. The molecular weight excluding hydrogens is 294 g/mol. The third-order valence-electron chi connectivity index (χ3n) is 4.10. The molecule has 2 amide bonds. The second-order valence-corrected chi connectivity index (χ2v) is 7.04. The van der Waals surface area contributed by atoms with E-state index in [1.165, 1.54) is 28.9 Å². The number of primary amides is 1. The van der Waals surface area contributed by atoms with E-state index in [0.717, 1.165) is 29.8 Å². The van der Waals surface area contributed by atoms with E-state index in [2.05, 4.69) is 24.9 Å². The van der Waals surface area contributed by atoms with Gasteiger partial charge in [0.1, 0.15) is 0 Å². The van der Waals surface area contributed by atoms with Gasteiger partial charge in [-0.25, -0.2) is 14.7 Å². The Hall–Kier alpha value is -1.88. The van der Waals surface area contributed by atoms with Gasteiger partial charge in [0, 0.05) is 11.1 Å². The Morgan fingerprint density at radius 1 is 1.32 bits per heavy atom. The summed E-state index contributed by atoms with van der Waals surface area (Å²) in [6.45, 7) is 4.24. The van der Waals surface area contributed by atoms with E-state index in [0.29, 0.717) is 11.0 Å². The molecule has 116 valence electrons. The zero-order chi connectivity index (χ0) is 15.7. The van der Waals surface area contributed by atoms with Crippen molar-refractivity contribution in [1.29, 1.82) is 0 Å². The molecule has 0 saturated carbocycles. The summed E-state index contributed by atoms with van der Waals surface area (Å²) in [7, 11) is 0. The number of benzene rings is 1. The van der Waals surface area contributed by atoms with Crippen LogP contribution in [-0.4, -0.2) is 11.0 Å². The highest BCUT2D eigenvalue weighted by Crippen LogP contribution is 2.37. The number of thiazole rings is 1. The van der Waals surface area contributed by atoms with Crippen LogP contribution in [0.15, 0.2) is 24.4 Å². The molecule has 5 heteroatoms. The number of amides is 2. The minimum absolute atomic E-state index is 0.394. The lowest BCUT2D eigenvalue weighted by molar-refractivity contribution is 0.256. The second kappa shape index (κ2) is 6.08. The summed E-state index contributed by atoms with van der Waals surface area (Å²) in [6, 6.07) is 5.67. The number of carbonyl (C=O) groups excluding carboxylic acids is 1. The van der Waals surface area contributed by atoms with Crippen molar-refractivity contribution < 1.29 is 4.79 Å². The molecule has 4 nitrogen and oxygen atoms in total. The lowest BCUT2D eigenvalue weighted by Gasteiger charge is -2.25. The van der Waals surface area contributed by atoms with Gasteiger partial charge in [0.2, 0.25) is 0 Å². The van der Waals surface area contributed by atoms with E-state index in [1.54, 1.807) is 4.90 Å². The van der Waals surface area contributed by atoms with Crippen LogP contribution in [0.2, 0.25) is 0 Å². The molecule has 0 saturated heterocycles. The van der Waals surface area contributed by atoms with Crippen molar-refractivity contribution in [3.8, 4) is 0 Å². The van der Waals surface area contributed by atoms with Crippen LogP contribution < -0.4 is 10.6 Å². The van der Waals surface area contributed by atoms with Crippen LogP contribution in [0.3, 0.4) is 0 Å². The molecule has 3 rings (SSSR count). The number of nitrogens with zero attached hydrogens (tertiary/aromatic N) is 2. The zero-order valence-electron chi connectivity index (χ0n) is 13.0. The lowest BCUT2D eigenvalue weighted by atomic mass is 9.90. The number of urea groups is 1. The fourth-order valence-corrected chi connectivity index (χ4v) is 3.87. The van der Waals surface area contributed by atoms with Gasteiger partial charge in [-0.1, -0.05) is 26.0 Å². The first-order valence-electron chi connectivity index (χ1n) is 7.74. The molecule has 0 radical (unpaired) electrons. The third kappa shape index (κ3) is 2.73. The molecule has 2 aromatic rings. The first-order valence-corrected chi connectivity index (χ1v) is 8.55. The number of rotatable bonds is 3. The summed E-state index contributed by atoms with van der Waals surface area (Å²) in [5.74, 6) is 0.394. The molecule has 2 N–H and O–H groups in total. The van der Waals surface area contributed by atoms with Gasteiger partial charge in [0.05, 0.1) is 5.69 Å². The van der Waals surface area contributed by atoms with Crippen molar-refractivity contribution in [3.63, 3.8) is 0 Å². The number of hydrogen-bond acceptors (Lipinski definition) is 3. The summed E-state index contributed by atoms with van der Waals surface area (Å²) < 4.78 is 0. The Bertz CT molecular complexity index is 693. The summed E-state index contributed by atoms with van der Waals surface area (Å²) in [6.07, 6.45) is 6.28. The van der Waals surface area contributed by atoms with Crippen molar-refractivity contribution in [3.05, 3.63) is 40.4 Å². The average Bonchev–Trinajstić information content (AvgIpc) is 2.97. The molecular formula is C17H21N3OS. The fraction of sp³-hybridized carbons (Fsp3) is 0.412. The summed E-state index contributed by atoms with van der Waals surface area (Å²) in [5.41, 5.74) is 9.14. The molecule has 0 bridgehead atoms. The predicted molar refractivity (Wildman–Crippen MR) is 91.0 cm³/mol. The van der Waals surface area contributed by atoms with Crippen molar-refractivity contribution in [2.24, 2.45) is 5.73 Å². The maximum atomic E-state index is 12.1. The Balaban J connectivity index is 2.06. The van der Waals surface area contributed by atoms with Crippen LogP contribution in [0.25, 0.3) is 0 Å². The number of hydrogen-bond donors (Lipinski definition) is 1. The minimum atomic E-state index is -0.469. The number of anilines is 2. The number of aromatic nitrogens is 1. The van der Waals surface area contributed by atoms with Crippen molar-refractivity contribution in [2.75, 3.05) is 4.90 Å². The molecule has 1 aliphatic carbocycles. The molecule has 0 unspecified atom stereocenters. The van der Waals surface area contributed by atoms with Crippen LogP contribution in [0.4, 0.5) is 15.6 Å². The SMILES string of the molecule is CC(C)c1cnc(N(C(N)=O)c2cccc3c2CCCC3)s1. The molecule has 22 heavy (non-hydrogen) atoms. The molecule has 0 fully saturated rings. The van der Waals surface area contributed by atoms with Gasteiger partial charge in [0.25, 0.3) is 0 Å². The maximum Gasteiger partial charge on any atom is 0.325 e. The molecule has 1 aromatic heterocycles. The van der Waals surface area contributed by atoms with Crippen molar-refractivity contribution in [2.45, 2.75) is 45.4 Å². The smallest absolute Gasteiger partial charge is 0.325 e. The summed E-state index contributed by atoms with van der Waals surface area (Å²) >= 11 is 1.54. The highest BCUT2D eigenvalue weighted by Gasteiger charge is 2.24. The van der Waals surface area contributed by atoms with Gasteiger partial charge in [-0.05, 0) is 48.8 Å². The largest absolute Gasteiger partial charge is 0.351 e. The fourth-order valence-electron chi connectivity index (χ4n) is 2.93. The molecule has 0 spiro atoms. The van der Waals surface area contributed by atoms with Gasteiger partial charge in [0.15, 0.2) is 5.13 Å². The van der Waals surface area contributed by atoms with E-state index in [-0.39, 0.29) is 0 Å². The van der Waals surface area contributed by atoms with Crippen LogP contribution in [-0.2, 0) is 12.8 Å². The minimum Gasteiger partial charge on any atom is -0.351 e.